The third-order valence-electron chi connectivity index (χ3n) is 2.96. The van der Waals surface area contributed by atoms with Crippen LogP contribution in [0.4, 0.5) is 0 Å². The molecule has 22 heavy (non-hydrogen) atoms. The van der Waals surface area contributed by atoms with Crippen LogP contribution in [-0.4, -0.2) is 17.7 Å². The van der Waals surface area contributed by atoms with Crippen molar-refractivity contribution >= 4 is 40.8 Å². The molecular formula is C17H14Cl2O3. The van der Waals surface area contributed by atoms with Gasteiger partial charge in [0, 0.05) is 0 Å². The number of rotatable bonds is 5. The van der Waals surface area contributed by atoms with Gasteiger partial charge in [0.2, 0.25) is 0 Å². The summed E-state index contributed by atoms with van der Waals surface area (Å²) in [4.78, 5) is 11.5. The number of aliphatic carboxylic acids is 1. The first-order valence-electron chi connectivity index (χ1n) is 6.64. The van der Waals surface area contributed by atoms with Gasteiger partial charge in [-0.1, -0.05) is 41.4 Å². The lowest BCUT2D eigenvalue weighted by Gasteiger charge is -2.06. The van der Waals surface area contributed by atoms with E-state index >= 15 is 0 Å². The van der Waals surface area contributed by atoms with Crippen molar-refractivity contribution in [3.05, 3.63) is 63.6 Å². The van der Waals surface area contributed by atoms with Crippen molar-refractivity contribution in [1.29, 1.82) is 0 Å². The molecule has 2 rings (SSSR count). The summed E-state index contributed by atoms with van der Waals surface area (Å²) in [5, 5.41) is 10.1. The number of halogens is 2. The van der Waals surface area contributed by atoms with Gasteiger partial charge >= 0.3 is 5.97 Å². The van der Waals surface area contributed by atoms with E-state index in [1.54, 1.807) is 48.5 Å². The summed E-state index contributed by atoms with van der Waals surface area (Å²) in [6.45, 7) is 2.49. The Hall–Kier alpha value is -1.97. The molecule has 0 spiro atoms. The molecule has 0 unspecified atom stereocenters. The van der Waals surface area contributed by atoms with Crippen molar-refractivity contribution in [2.45, 2.75) is 6.92 Å². The number of carbonyl (C=O) groups is 1. The molecular weight excluding hydrogens is 323 g/mol. The van der Waals surface area contributed by atoms with Crippen LogP contribution in [0.5, 0.6) is 5.75 Å². The topological polar surface area (TPSA) is 46.5 Å². The molecule has 2 aromatic rings. The van der Waals surface area contributed by atoms with E-state index in [-0.39, 0.29) is 5.57 Å². The van der Waals surface area contributed by atoms with Crippen molar-refractivity contribution in [1.82, 2.24) is 0 Å². The largest absolute Gasteiger partial charge is 0.494 e. The summed E-state index contributed by atoms with van der Waals surface area (Å²) in [6.07, 6.45) is 1.58. The van der Waals surface area contributed by atoms with Crippen LogP contribution in [0, 0.1) is 0 Å². The fourth-order valence-electron chi connectivity index (χ4n) is 1.93. The van der Waals surface area contributed by atoms with Gasteiger partial charge in [-0.05, 0) is 48.4 Å². The monoisotopic (exact) mass is 336 g/mol. The van der Waals surface area contributed by atoms with Crippen LogP contribution in [0.2, 0.25) is 10.0 Å². The average molecular weight is 337 g/mol. The van der Waals surface area contributed by atoms with Gasteiger partial charge in [0.05, 0.1) is 22.2 Å². The first-order chi connectivity index (χ1) is 10.5. The van der Waals surface area contributed by atoms with Crippen molar-refractivity contribution in [2.75, 3.05) is 6.61 Å². The third-order valence-corrected chi connectivity index (χ3v) is 3.70. The second-order valence-electron chi connectivity index (χ2n) is 4.49. The van der Waals surface area contributed by atoms with E-state index in [1.165, 1.54) is 0 Å². The average Bonchev–Trinajstić information content (AvgIpc) is 2.49. The van der Waals surface area contributed by atoms with Crippen molar-refractivity contribution < 1.29 is 14.6 Å². The summed E-state index contributed by atoms with van der Waals surface area (Å²) >= 11 is 11.8. The molecule has 1 N–H and O–H groups in total. The van der Waals surface area contributed by atoms with Gasteiger partial charge in [-0.3, -0.25) is 0 Å². The molecule has 0 radical (unpaired) electrons. The Morgan fingerprint density at radius 3 is 2.36 bits per heavy atom. The highest BCUT2D eigenvalue weighted by molar-refractivity contribution is 6.42. The quantitative estimate of drug-likeness (QED) is 0.616. The molecule has 0 bridgehead atoms. The second kappa shape index (κ2) is 7.34. The normalized spacial score (nSPS) is 11.3. The van der Waals surface area contributed by atoms with Gasteiger partial charge in [0.15, 0.2) is 0 Å². The molecule has 0 fully saturated rings. The highest BCUT2D eigenvalue weighted by atomic mass is 35.5. The SMILES string of the molecule is CCOc1ccc(/C=C(\C(=O)O)c2ccc(Cl)c(Cl)c2)cc1. The molecule has 0 aliphatic heterocycles. The van der Waals surface area contributed by atoms with Crippen LogP contribution >= 0.6 is 23.2 Å². The van der Waals surface area contributed by atoms with Crippen molar-refractivity contribution in [3.63, 3.8) is 0 Å². The molecule has 0 aromatic heterocycles. The van der Waals surface area contributed by atoms with Gasteiger partial charge in [-0.25, -0.2) is 4.79 Å². The van der Waals surface area contributed by atoms with Gasteiger partial charge < -0.3 is 9.84 Å². The molecule has 3 nitrogen and oxygen atoms in total. The smallest absolute Gasteiger partial charge is 0.336 e. The highest BCUT2D eigenvalue weighted by Crippen LogP contribution is 2.27. The maximum Gasteiger partial charge on any atom is 0.336 e. The standard InChI is InChI=1S/C17H14Cl2O3/c1-2-22-13-6-3-11(4-7-13)9-14(17(20)21)12-5-8-15(18)16(19)10-12/h3-10H,2H2,1H3,(H,20,21)/b14-9-. The molecule has 5 heteroatoms. The summed E-state index contributed by atoms with van der Waals surface area (Å²) in [5.41, 5.74) is 1.39. The van der Waals surface area contributed by atoms with Crippen LogP contribution in [0.15, 0.2) is 42.5 Å². The number of ether oxygens (including phenoxy) is 1. The molecule has 0 heterocycles. The first-order valence-corrected chi connectivity index (χ1v) is 7.40. The van der Waals surface area contributed by atoms with E-state index in [0.29, 0.717) is 22.2 Å². The van der Waals surface area contributed by atoms with Gasteiger partial charge in [-0.2, -0.15) is 0 Å². The lowest BCUT2D eigenvalue weighted by Crippen LogP contribution is -1.99. The Labute approximate surface area is 138 Å². The Balaban J connectivity index is 2.38. The highest BCUT2D eigenvalue weighted by Gasteiger charge is 2.12. The van der Waals surface area contributed by atoms with Gasteiger partial charge in [0.25, 0.3) is 0 Å². The van der Waals surface area contributed by atoms with Gasteiger partial charge in [-0.15, -0.1) is 0 Å². The predicted molar refractivity (Wildman–Crippen MR) is 89.6 cm³/mol. The second-order valence-corrected chi connectivity index (χ2v) is 5.31. The number of hydrogen-bond donors (Lipinski definition) is 1. The number of hydrogen-bond acceptors (Lipinski definition) is 2. The van der Waals surface area contributed by atoms with E-state index in [0.717, 1.165) is 11.3 Å². The molecule has 0 saturated carbocycles. The molecule has 0 amide bonds. The number of carboxylic acid groups (broad SMARTS) is 1. The molecule has 0 aliphatic carbocycles. The summed E-state index contributed by atoms with van der Waals surface area (Å²) in [7, 11) is 0. The van der Waals surface area contributed by atoms with E-state index in [4.69, 9.17) is 27.9 Å². The Morgan fingerprint density at radius 1 is 1.14 bits per heavy atom. The van der Waals surface area contributed by atoms with Crippen molar-refractivity contribution in [3.8, 4) is 5.75 Å². The molecule has 0 aliphatic rings. The van der Waals surface area contributed by atoms with Crippen LogP contribution in [0.1, 0.15) is 18.1 Å². The minimum atomic E-state index is -1.03. The van der Waals surface area contributed by atoms with E-state index in [9.17, 15) is 9.90 Å². The summed E-state index contributed by atoms with van der Waals surface area (Å²) in [6, 6.07) is 11.9. The zero-order valence-corrected chi connectivity index (χ0v) is 13.4. The van der Waals surface area contributed by atoms with Gasteiger partial charge in [0.1, 0.15) is 5.75 Å². The number of benzene rings is 2. The predicted octanol–water partition coefficient (Wildman–Crippen LogP) is 5.02. The number of carboxylic acids is 1. The first kappa shape index (κ1) is 16.4. The maximum atomic E-state index is 11.5. The zero-order chi connectivity index (χ0) is 16.1. The van der Waals surface area contributed by atoms with Crippen molar-refractivity contribution in [2.24, 2.45) is 0 Å². The lowest BCUT2D eigenvalue weighted by atomic mass is 10.0. The fraction of sp³-hybridized carbons (Fsp3) is 0.118. The molecule has 114 valence electrons. The van der Waals surface area contributed by atoms with Crippen LogP contribution < -0.4 is 4.74 Å². The summed E-state index contributed by atoms with van der Waals surface area (Å²) in [5.74, 6) is -0.293. The fourth-order valence-corrected chi connectivity index (χ4v) is 2.22. The molecule has 0 atom stereocenters. The minimum absolute atomic E-state index is 0.141. The Kier molecular flexibility index (Phi) is 5.47. The van der Waals surface area contributed by atoms with E-state index in [2.05, 4.69) is 0 Å². The lowest BCUT2D eigenvalue weighted by molar-refractivity contribution is -0.130. The van der Waals surface area contributed by atoms with Crippen LogP contribution in [-0.2, 0) is 4.79 Å². The van der Waals surface area contributed by atoms with E-state index in [1.807, 2.05) is 6.92 Å². The van der Waals surface area contributed by atoms with E-state index < -0.39 is 5.97 Å². The Morgan fingerprint density at radius 2 is 1.82 bits per heavy atom. The summed E-state index contributed by atoms with van der Waals surface area (Å²) < 4.78 is 5.36. The van der Waals surface area contributed by atoms with Crippen LogP contribution in [0.3, 0.4) is 0 Å². The van der Waals surface area contributed by atoms with Crippen LogP contribution in [0.25, 0.3) is 11.6 Å². The minimum Gasteiger partial charge on any atom is -0.494 e. The Bertz CT molecular complexity index is 706. The molecule has 0 saturated heterocycles. The maximum absolute atomic E-state index is 11.5. The zero-order valence-electron chi connectivity index (χ0n) is 11.8. The third kappa shape index (κ3) is 4.03. The molecule has 2 aromatic carbocycles.